The Labute approximate surface area is 101 Å². The van der Waals surface area contributed by atoms with Crippen molar-refractivity contribution in [2.24, 2.45) is 5.73 Å². The highest BCUT2D eigenvalue weighted by atomic mass is 16.5. The normalized spacial score (nSPS) is 29.0. The van der Waals surface area contributed by atoms with Crippen LogP contribution in [0, 0.1) is 0 Å². The minimum absolute atomic E-state index is 0.254. The van der Waals surface area contributed by atoms with Crippen molar-refractivity contribution in [3.63, 3.8) is 0 Å². The first-order valence-corrected chi connectivity index (χ1v) is 6.61. The van der Waals surface area contributed by atoms with Crippen LogP contribution >= 0.6 is 0 Å². The summed E-state index contributed by atoms with van der Waals surface area (Å²) in [6.07, 6.45) is 6.81. The highest BCUT2D eigenvalue weighted by Crippen LogP contribution is 2.19. The van der Waals surface area contributed by atoms with Crippen molar-refractivity contribution in [1.29, 1.82) is 0 Å². The maximum Gasteiger partial charge on any atom is 0.135 e. The van der Waals surface area contributed by atoms with Crippen LogP contribution in [-0.2, 0) is 24.1 Å². The fourth-order valence-electron chi connectivity index (χ4n) is 2.73. The maximum absolute atomic E-state index is 6.00. The molecule has 0 aliphatic carbocycles. The molecule has 0 bridgehead atoms. The predicted octanol–water partition coefficient (Wildman–Crippen LogP) is 0.663. The van der Waals surface area contributed by atoms with E-state index in [4.69, 9.17) is 10.5 Å². The van der Waals surface area contributed by atoms with E-state index in [1.807, 2.05) is 0 Å². The number of nitrogens with zero attached hydrogens (tertiary/aromatic N) is 3. The number of hydrogen-bond donors (Lipinski definition) is 1. The van der Waals surface area contributed by atoms with Crippen LogP contribution in [0.4, 0.5) is 0 Å². The number of hydrogen-bond acceptors (Lipinski definition) is 4. The lowest BCUT2D eigenvalue weighted by Gasteiger charge is -2.24. The monoisotopic (exact) mass is 236 g/mol. The van der Waals surface area contributed by atoms with Crippen LogP contribution in [0.15, 0.2) is 0 Å². The number of rotatable bonds is 2. The van der Waals surface area contributed by atoms with E-state index in [2.05, 4.69) is 14.8 Å². The van der Waals surface area contributed by atoms with E-state index in [1.165, 1.54) is 12.8 Å². The molecule has 3 rings (SSSR count). The SMILES string of the molecule is NC1CCc2nnc(CC3CCCCO3)n2C1. The molecule has 0 aromatic carbocycles. The molecule has 2 atom stereocenters. The van der Waals surface area contributed by atoms with Gasteiger partial charge in [0, 0.05) is 32.0 Å². The van der Waals surface area contributed by atoms with Crippen molar-refractivity contribution in [3.05, 3.63) is 11.6 Å². The lowest BCUT2D eigenvalue weighted by molar-refractivity contribution is 0.0150. The van der Waals surface area contributed by atoms with Gasteiger partial charge in [0.1, 0.15) is 11.6 Å². The Balaban J connectivity index is 1.72. The van der Waals surface area contributed by atoms with Gasteiger partial charge in [-0.1, -0.05) is 0 Å². The standard InChI is InChI=1S/C12H20N4O/c13-9-4-5-11-14-15-12(16(11)8-9)7-10-3-1-2-6-17-10/h9-10H,1-8,13H2. The smallest absolute Gasteiger partial charge is 0.135 e. The van der Waals surface area contributed by atoms with Crippen LogP contribution in [0.5, 0.6) is 0 Å². The molecule has 0 saturated carbocycles. The molecule has 3 heterocycles. The lowest BCUT2D eigenvalue weighted by atomic mass is 10.0. The Kier molecular flexibility index (Phi) is 3.11. The first kappa shape index (κ1) is 11.2. The molecule has 5 heteroatoms. The van der Waals surface area contributed by atoms with Gasteiger partial charge in [0.15, 0.2) is 0 Å². The topological polar surface area (TPSA) is 66.0 Å². The molecule has 1 aromatic rings. The largest absolute Gasteiger partial charge is 0.378 e. The van der Waals surface area contributed by atoms with E-state index in [1.54, 1.807) is 0 Å². The van der Waals surface area contributed by atoms with Gasteiger partial charge in [-0.2, -0.15) is 0 Å². The molecule has 2 N–H and O–H groups in total. The molecule has 17 heavy (non-hydrogen) atoms. The summed E-state index contributed by atoms with van der Waals surface area (Å²) in [5.41, 5.74) is 6.00. The molecule has 0 radical (unpaired) electrons. The molecule has 0 amide bonds. The van der Waals surface area contributed by atoms with Crippen LogP contribution in [0.25, 0.3) is 0 Å². The molecule has 1 saturated heterocycles. The first-order valence-electron chi connectivity index (χ1n) is 6.61. The van der Waals surface area contributed by atoms with Crippen molar-refractivity contribution in [2.75, 3.05) is 6.61 Å². The van der Waals surface area contributed by atoms with Crippen molar-refractivity contribution in [3.8, 4) is 0 Å². The third-order valence-electron chi connectivity index (χ3n) is 3.74. The molecule has 5 nitrogen and oxygen atoms in total. The van der Waals surface area contributed by atoms with Gasteiger partial charge in [-0.25, -0.2) is 0 Å². The van der Waals surface area contributed by atoms with Gasteiger partial charge in [0.2, 0.25) is 0 Å². The maximum atomic E-state index is 6.00. The van der Waals surface area contributed by atoms with Gasteiger partial charge < -0.3 is 15.0 Å². The van der Waals surface area contributed by atoms with Crippen LogP contribution in [0.2, 0.25) is 0 Å². The van der Waals surface area contributed by atoms with E-state index in [0.29, 0.717) is 6.10 Å². The third-order valence-corrected chi connectivity index (χ3v) is 3.74. The summed E-state index contributed by atoms with van der Waals surface area (Å²) in [6, 6.07) is 0.254. The van der Waals surface area contributed by atoms with Gasteiger partial charge in [-0.05, 0) is 25.7 Å². The summed E-state index contributed by atoms with van der Waals surface area (Å²) in [7, 11) is 0. The van der Waals surface area contributed by atoms with E-state index in [-0.39, 0.29) is 6.04 Å². The second-order valence-electron chi connectivity index (χ2n) is 5.13. The molecule has 2 aliphatic rings. The summed E-state index contributed by atoms with van der Waals surface area (Å²) in [5, 5.41) is 8.56. The molecule has 94 valence electrons. The van der Waals surface area contributed by atoms with Gasteiger partial charge >= 0.3 is 0 Å². The van der Waals surface area contributed by atoms with Gasteiger partial charge in [0.25, 0.3) is 0 Å². The van der Waals surface area contributed by atoms with E-state index in [9.17, 15) is 0 Å². The van der Waals surface area contributed by atoms with Crippen molar-refractivity contribution in [2.45, 2.75) is 57.2 Å². The highest BCUT2D eigenvalue weighted by Gasteiger charge is 2.23. The Morgan fingerprint density at radius 3 is 3.06 bits per heavy atom. The Bertz CT molecular complexity index is 384. The average Bonchev–Trinajstić information content (AvgIpc) is 2.73. The van der Waals surface area contributed by atoms with Crippen LogP contribution in [0.3, 0.4) is 0 Å². The number of aryl methyl sites for hydroxylation is 1. The highest BCUT2D eigenvalue weighted by molar-refractivity contribution is 5.02. The molecule has 1 aromatic heterocycles. The molecule has 0 spiro atoms. The fourth-order valence-corrected chi connectivity index (χ4v) is 2.73. The minimum atomic E-state index is 0.254. The van der Waals surface area contributed by atoms with Crippen molar-refractivity contribution in [1.82, 2.24) is 14.8 Å². The van der Waals surface area contributed by atoms with Gasteiger partial charge in [-0.15, -0.1) is 10.2 Å². The van der Waals surface area contributed by atoms with Crippen LogP contribution < -0.4 is 5.73 Å². The molecule has 2 unspecified atom stereocenters. The quantitative estimate of drug-likeness (QED) is 0.819. The lowest BCUT2D eigenvalue weighted by Crippen LogP contribution is -2.33. The molecule has 2 aliphatic heterocycles. The summed E-state index contributed by atoms with van der Waals surface area (Å²) in [5.74, 6) is 2.15. The third kappa shape index (κ3) is 2.35. The first-order chi connectivity index (χ1) is 8.33. The van der Waals surface area contributed by atoms with E-state index < -0.39 is 0 Å². The average molecular weight is 236 g/mol. The van der Waals surface area contributed by atoms with Crippen LogP contribution in [-0.4, -0.2) is 33.5 Å². The molecular weight excluding hydrogens is 216 g/mol. The minimum Gasteiger partial charge on any atom is -0.378 e. The number of ether oxygens (including phenoxy) is 1. The Morgan fingerprint density at radius 1 is 1.29 bits per heavy atom. The summed E-state index contributed by atoms with van der Waals surface area (Å²) < 4.78 is 7.96. The zero-order valence-corrected chi connectivity index (χ0v) is 10.1. The van der Waals surface area contributed by atoms with E-state index >= 15 is 0 Å². The van der Waals surface area contributed by atoms with E-state index in [0.717, 1.165) is 50.5 Å². The predicted molar refractivity (Wildman–Crippen MR) is 63.6 cm³/mol. The Hall–Kier alpha value is -0.940. The number of fused-ring (bicyclic) bond motifs is 1. The van der Waals surface area contributed by atoms with Crippen LogP contribution in [0.1, 0.15) is 37.3 Å². The fraction of sp³-hybridized carbons (Fsp3) is 0.833. The van der Waals surface area contributed by atoms with Crippen molar-refractivity contribution >= 4 is 0 Å². The number of aromatic nitrogens is 3. The Morgan fingerprint density at radius 2 is 2.24 bits per heavy atom. The summed E-state index contributed by atoms with van der Waals surface area (Å²) >= 11 is 0. The summed E-state index contributed by atoms with van der Waals surface area (Å²) in [6.45, 7) is 1.76. The van der Waals surface area contributed by atoms with Gasteiger partial charge in [-0.3, -0.25) is 0 Å². The van der Waals surface area contributed by atoms with Crippen molar-refractivity contribution < 1.29 is 4.74 Å². The number of nitrogens with two attached hydrogens (primary N) is 1. The zero-order chi connectivity index (χ0) is 11.7. The second-order valence-corrected chi connectivity index (χ2v) is 5.13. The molecule has 1 fully saturated rings. The van der Waals surface area contributed by atoms with Gasteiger partial charge in [0.05, 0.1) is 6.10 Å². The summed E-state index contributed by atoms with van der Waals surface area (Å²) in [4.78, 5) is 0. The zero-order valence-electron chi connectivity index (χ0n) is 10.1. The second kappa shape index (κ2) is 4.74. The molecular formula is C12H20N4O.